The molecule has 3 nitrogen and oxygen atoms in total. The zero-order valence-electron chi connectivity index (χ0n) is 13.0. The number of aromatic nitrogens is 2. The maximum absolute atomic E-state index is 4.39. The molecule has 21 heavy (non-hydrogen) atoms. The maximum Gasteiger partial charge on any atom is 0.192 e. The minimum absolute atomic E-state index is 0.388. The van der Waals surface area contributed by atoms with Gasteiger partial charge in [0.05, 0.1) is 0 Å². The zero-order chi connectivity index (χ0) is 15.1. The monoisotopic (exact) mass is 301 g/mol. The van der Waals surface area contributed by atoms with Crippen LogP contribution in [0.4, 0.5) is 0 Å². The van der Waals surface area contributed by atoms with E-state index >= 15 is 0 Å². The van der Waals surface area contributed by atoms with Crippen LogP contribution in [0.1, 0.15) is 43.9 Å². The lowest BCUT2D eigenvalue weighted by Gasteiger charge is -2.19. The van der Waals surface area contributed by atoms with Gasteiger partial charge in [-0.25, -0.2) is 9.97 Å². The summed E-state index contributed by atoms with van der Waals surface area (Å²) in [4.78, 5) is 10.0. The SMILES string of the molecule is CCCNC(CC)c1ccccc1Sc1ncc(C)cn1. The van der Waals surface area contributed by atoms with E-state index in [1.807, 2.05) is 19.3 Å². The molecule has 0 fully saturated rings. The molecular weight excluding hydrogens is 278 g/mol. The Morgan fingerprint density at radius 2 is 1.86 bits per heavy atom. The van der Waals surface area contributed by atoms with Crippen LogP contribution in [-0.4, -0.2) is 16.5 Å². The second-order valence-electron chi connectivity index (χ2n) is 5.10. The molecule has 2 aromatic rings. The van der Waals surface area contributed by atoms with Gasteiger partial charge in [0.15, 0.2) is 5.16 Å². The molecule has 0 aliphatic rings. The van der Waals surface area contributed by atoms with Crippen molar-refractivity contribution in [2.45, 2.75) is 49.7 Å². The van der Waals surface area contributed by atoms with E-state index in [-0.39, 0.29) is 0 Å². The molecule has 2 rings (SSSR count). The lowest BCUT2D eigenvalue weighted by molar-refractivity contribution is 0.512. The van der Waals surface area contributed by atoms with Gasteiger partial charge in [-0.3, -0.25) is 0 Å². The highest BCUT2D eigenvalue weighted by molar-refractivity contribution is 7.99. The van der Waals surface area contributed by atoms with E-state index in [0.717, 1.165) is 30.1 Å². The molecule has 1 N–H and O–H groups in total. The molecule has 0 aliphatic carbocycles. The molecule has 0 saturated heterocycles. The van der Waals surface area contributed by atoms with E-state index < -0.39 is 0 Å². The smallest absolute Gasteiger partial charge is 0.192 e. The molecule has 0 spiro atoms. The molecule has 0 saturated carbocycles. The summed E-state index contributed by atoms with van der Waals surface area (Å²) in [6, 6.07) is 8.92. The molecule has 1 atom stereocenters. The number of hydrogen-bond donors (Lipinski definition) is 1. The largest absolute Gasteiger partial charge is 0.310 e. The molecule has 1 unspecified atom stereocenters. The Kier molecular flexibility index (Phi) is 6.21. The zero-order valence-corrected chi connectivity index (χ0v) is 13.8. The van der Waals surface area contributed by atoms with Crippen LogP contribution >= 0.6 is 11.8 Å². The van der Waals surface area contributed by atoms with Crippen LogP contribution in [0.15, 0.2) is 46.7 Å². The summed E-state index contributed by atoms with van der Waals surface area (Å²) >= 11 is 1.64. The Morgan fingerprint density at radius 1 is 1.14 bits per heavy atom. The first-order valence-corrected chi connectivity index (χ1v) is 8.35. The normalized spacial score (nSPS) is 12.3. The fourth-order valence-electron chi connectivity index (χ4n) is 2.19. The summed E-state index contributed by atoms with van der Waals surface area (Å²) in [7, 11) is 0. The van der Waals surface area contributed by atoms with Crippen LogP contribution in [0.2, 0.25) is 0 Å². The molecule has 1 aromatic carbocycles. The summed E-state index contributed by atoms with van der Waals surface area (Å²) in [6.07, 6.45) is 5.95. The minimum atomic E-state index is 0.388. The van der Waals surface area contributed by atoms with Crippen molar-refractivity contribution in [2.24, 2.45) is 0 Å². The average molecular weight is 301 g/mol. The molecule has 112 valence electrons. The summed E-state index contributed by atoms with van der Waals surface area (Å²) < 4.78 is 0. The molecule has 1 aromatic heterocycles. The molecule has 0 bridgehead atoms. The van der Waals surface area contributed by atoms with Gasteiger partial charge in [0.2, 0.25) is 0 Å². The highest BCUT2D eigenvalue weighted by Crippen LogP contribution is 2.32. The first kappa shape index (κ1) is 16.0. The van der Waals surface area contributed by atoms with Crippen molar-refractivity contribution in [2.75, 3.05) is 6.54 Å². The second-order valence-corrected chi connectivity index (χ2v) is 6.11. The van der Waals surface area contributed by atoms with E-state index in [4.69, 9.17) is 0 Å². The Balaban J connectivity index is 2.21. The van der Waals surface area contributed by atoms with Gasteiger partial charge in [-0.1, -0.05) is 32.0 Å². The van der Waals surface area contributed by atoms with Crippen LogP contribution in [0.25, 0.3) is 0 Å². The highest BCUT2D eigenvalue weighted by Gasteiger charge is 2.14. The lowest BCUT2D eigenvalue weighted by atomic mass is 10.0. The molecule has 1 heterocycles. The van der Waals surface area contributed by atoms with Crippen molar-refractivity contribution in [3.8, 4) is 0 Å². The Bertz CT molecular complexity index is 554. The number of rotatable bonds is 7. The molecule has 4 heteroatoms. The Labute approximate surface area is 131 Å². The first-order valence-electron chi connectivity index (χ1n) is 7.53. The van der Waals surface area contributed by atoms with Gasteiger partial charge in [-0.05, 0) is 55.3 Å². The predicted molar refractivity (Wildman–Crippen MR) is 88.7 cm³/mol. The van der Waals surface area contributed by atoms with E-state index in [9.17, 15) is 0 Å². The van der Waals surface area contributed by atoms with Gasteiger partial charge < -0.3 is 5.32 Å². The van der Waals surface area contributed by atoms with Crippen LogP contribution in [0.5, 0.6) is 0 Å². The number of benzene rings is 1. The van der Waals surface area contributed by atoms with Gasteiger partial charge in [0.25, 0.3) is 0 Å². The molecule has 0 amide bonds. The number of aryl methyl sites for hydroxylation is 1. The average Bonchev–Trinajstić information content (AvgIpc) is 2.52. The van der Waals surface area contributed by atoms with Crippen molar-refractivity contribution in [1.82, 2.24) is 15.3 Å². The van der Waals surface area contributed by atoms with E-state index in [1.54, 1.807) is 11.8 Å². The lowest BCUT2D eigenvalue weighted by Crippen LogP contribution is -2.21. The van der Waals surface area contributed by atoms with Crippen molar-refractivity contribution >= 4 is 11.8 Å². The number of hydrogen-bond acceptors (Lipinski definition) is 4. The van der Waals surface area contributed by atoms with E-state index in [2.05, 4.69) is 53.4 Å². The van der Waals surface area contributed by atoms with Gasteiger partial charge >= 0.3 is 0 Å². The topological polar surface area (TPSA) is 37.8 Å². The summed E-state index contributed by atoms with van der Waals surface area (Å²) in [5.74, 6) is 0. The Hall–Kier alpha value is -1.39. The fourth-order valence-corrected chi connectivity index (χ4v) is 3.07. The molecular formula is C17H23N3S. The van der Waals surface area contributed by atoms with Crippen LogP contribution in [0, 0.1) is 6.92 Å². The van der Waals surface area contributed by atoms with E-state index in [1.165, 1.54) is 10.5 Å². The molecule has 0 radical (unpaired) electrons. The first-order chi connectivity index (χ1) is 10.2. The fraction of sp³-hybridized carbons (Fsp3) is 0.412. The third-order valence-corrected chi connectivity index (χ3v) is 4.29. The van der Waals surface area contributed by atoms with Gasteiger partial charge in [0.1, 0.15) is 0 Å². The van der Waals surface area contributed by atoms with Gasteiger partial charge in [-0.2, -0.15) is 0 Å². The third-order valence-electron chi connectivity index (χ3n) is 3.30. The molecule has 0 aliphatic heterocycles. The Morgan fingerprint density at radius 3 is 2.52 bits per heavy atom. The van der Waals surface area contributed by atoms with Crippen molar-refractivity contribution in [3.63, 3.8) is 0 Å². The van der Waals surface area contributed by atoms with Crippen LogP contribution < -0.4 is 5.32 Å². The quantitative estimate of drug-likeness (QED) is 0.770. The summed E-state index contributed by atoms with van der Waals surface area (Å²) in [5.41, 5.74) is 2.42. The third kappa shape index (κ3) is 4.55. The summed E-state index contributed by atoms with van der Waals surface area (Å²) in [5, 5.41) is 4.42. The van der Waals surface area contributed by atoms with E-state index in [0.29, 0.717) is 6.04 Å². The van der Waals surface area contributed by atoms with Crippen molar-refractivity contribution in [1.29, 1.82) is 0 Å². The maximum atomic E-state index is 4.39. The van der Waals surface area contributed by atoms with Crippen LogP contribution in [0.3, 0.4) is 0 Å². The standard InChI is InChI=1S/C17H23N3S/c1-4-10-18-15(5-2)14-8-6-7-9-16(14)21-17-19-11-13(3)12-20-17/h6-9,11-12,15,18H,4-5,10H2,1-3H3. The van der Waals surface area contributed by atoms with Crippen molar-refractivity contribution < 1.29 is 0 Å². The minimum Gasteiger partial charge on any atom is -0.310 e. The van der Waals surface area contributed by atoms with Gasteiger partial charge in [-0.15, -0.1) is 0 Å². The predicted octanol–water partition coefficient (Wildman–Crippen LogP) is 4.39. The number of nitrogens with zero attached hydrogens (tertiary/aromatic N) is 2. The number of nitrogens with one attached hydrogen (secondary N) is 1. The second kappa shape index (κ2) is 8.15. The van der Waals surface area contributed by atoms with Gasteiger partial charge in [0, 0.05) is 23.3 Å². The van der Waals surface area contributed by atoms with Crippen molar-refractivity contribution in [3.05, 3.63) is 47.8 Å². The highest BCUT2D eigenvalue weighted by atomic mass is 32.2. The summed E-state index contributed by atoms with van der Waals surface area (Å²) in [6.45, 7) is 7.46. The van der Waals surface area contributed by atoms with Crippen LogP contribution in [-0.2, 0) is 0 Å².